The standard InChI is InChI=1S/C23H22N6O6/c1-12(28-18(30)14-7-5-6-8-15(14)19(28)31)17-25-21(26-22(34)35-23(2,3)4)27-29(17)16-10-9-13(11-24-16)20(32)33/h5-12H,1-4H3,(H,32,33)(H,26,27,34). The Morgan fingerprint density at radius 2 is 1.69 bits per heavy atom. The van der Waals surface area contributed by atoms with Crippen LogP contribution < -0.4 is 5.32 Å². The SMILES string of the molecule is CC(c1nc(NC(=O)OC(C)(C)C)nn1-c1ccc(C(=O)O)cn1)N1C(=O)c2ccccc2C1=O. The van der Waals surface area contributed by atoms with Crippen molar-refractivity contribution in [3.8, 4) is 5.82 Å². The molecular weight excluding hydrogens is 456 g/mol. The lowest BCUT2D eigenvalue weighted by Crippen LogP contribution is -2.34. The van der Waals surface area contributed by atoms with E-state index < -0.39 is 35.5 Å². The number of ether oxygens (including phenoxy) is 1. The Morgan fingerprint density at radius 3 is 2.20 bits per heavy atom. The molecule has 0 aliphatic carbocycles. The van der Waals surface area contributed by atoms with Crippen LogP contribution in [0.2, 0.25) is 0 Å². The fourth-order valence-corrected chi connectivity index (χ4v) is 3.52. The van der Waals surface area contributed by atoms with E-state index in [1.54, 1.807) is 52.0 Å². The van der Waals surface area contributed by atoms with Crippen LogP contribution in [-0.2, 0) is 4.74 Å². The number of carbonyl (C=O) groups is 4. The van der Waals surface area contributed by atoms with Crippen molar-refractivity contribution < 1.29 is 29.0 Å². The largest absolute Gasteiger partial charge is 0.478 e. The molecule has 1 aliphatic rings. The smallest absolute Gasteiger partial charge is 0.414 e. The highest BCUT2D eigenvalue weighted by atomic mass is 16.6. The van der Waals surface area contributed by atoms with Gasteiger partial charge in [0.25, 0.3) is 17.8 Å². The highest BCUT2D eigenvalue weighted by molar-refractivity contribution is 6.21. The van der Waals surface area contributed by atoms with Crippen molar-refractivity contribution in [3.63, 3.8) is 0 Å². The zero-order valence-electron chi connectivity index (χ0n) is 19.3. The number of nitrogens with zero attached hydrogens (tertiary/aromatic N) is 5. The van der Waals surface area contributed by atoms with E-state index in [0.717, 1.165) is 11.1 Å². The van der Waals surface area contributed by atoms with Crippen LogP contribution in [0, 0.1) is 0 Å². The van der Waals surface area contributed by atoms with Crippen molar-refractivity contribution in [2.45, 2.75) is 39.3 Å². The summed E-state index contributed by atoms with van der Waals surface area (Å²) in [7, 11) is 0. The Morgan fingerprint density at radius 1 is 1.06 bits per heavy atom. The van der Waals surface area contributed by atoms with E-state index in [1.807, 2.05) is 0 Å². The number of nitrogens with one attached hydrogen (secondary N) is 1. The number of amides is 3. The van der Waals surface area contributed by atoms with Gasteiger partial charge in [-0.2, -0.15) is 9.67 Å². The number of carboxylic acids is 1. The fourth-order valence-electron chi connectivity index (χ4n) is 3.52. The Bertz CT molecular complexity index is 1310. The lowest BCUT2D eigenvalue weighted by molar-refractivity contribution is 0.0582. The molecule has 0 saturated heterocycles. The molecule has 1 unspecified atom stereocenters. The quantitative estimate of drug-likeness (QED) is 0.526. The minimum absolute atomic E-state index is 0.0454. The van der Waals surface area contributed by atoms with E-state index in [4.69, 9.17) is 9.84 Å². The molecule has 180 valence electrons. The summed E-state index contributed by atoms with van der Waals surface area (Å²) in [6, 6.07) is 8.26. The van der Waals surface area contributed by atoms with E-state index >= 15 is 0 Å². The van der Waals surface area contributed by atoms with Gasteiger partial charge in [-0.1, -0.05) is 12.1 Å². The van der Waals surface area contributed by atoms with Gasteiger partial charge in [-0.25, -0.2) is 14.6 Å². The molecule has 0 bridgehead atoms. The van der Waals surface area contributed by atoms with Gasteiger partial charge in [0.15, 0.2) is 11.6 Å². The lowest BCUT2D eigenvalue weighted by Gasteiger charge is -2.21. The third-order valence-corrected chi connectivity index (χ3v) is 5.04. The number of aromatic nitrogens is 4. The molecule has 35 heavy (non-hydrogen) atoms. The summed E-state index contributed by atoms with van der Waals surface area (Å²) >= 11 is 0. The number of carboxylic acid groups (broad SMARTS) is 1. The lowest BCUT2D eigenvalue weighted by atomic mass is 10.1. The molecule has 1 aromatic carbocycles. The molecule has 12 nitrogen and oxygen atoms in total. The summed E-state index contributed by atoms with van der Waals surface area (Å²) in [5, 5.41) is 15.8. The number of anilines is 1. The monoisotopic (exact) mass is 478 g/mol. The summed E-state index contributed by atoms with van der Waals surface area (Å²) in [5.74, 6) is -2.03. The molecule has 3 aromatic rings. The van der Waals surface area contributed by atoms with Crippen molar-refractivity contribution in [2.75, 3.05) is 5.32 Å². The van der Waals surface area contributed by atoms with Crippen LogP contribution in [-0.4, -0.2) is 59.2 Å². The maximum absolute atomic E-state index is 13.0. The maximum atomic E-state index is 13.0. The molecule has 0 spiro atoms. The Balaban J connectivity index is 1.74. The summed E-state index contributed by atoms with van der Waals surface area (Å²) in [4.78, 5) is 59.0. The molecule has 0 saturated carbocycles. The second-order valence-electron chi connectivity index (χ2n) is 8.74. The number of carbonyl (C=O) groups excluding carboxylic acids is 3. The van der Waals surface area contributed by atoms with Crippen molar-refractivity contribution in [1.29, 1.82) is 0 Å². The van der Waals surface area contributed by atoms with Gasteiger partial charge in [-0.05, 0) is 52.0 Å². The number of pyridine rings is 1. The molecule has 2 aromatic heterocycles. The Hall–Kier alpha value is -4.61. The van der Waals surface area contributed by atoms with Crippen LogP contribution >= 0.6 is 0 Å². The molecule has 12 heteroatoms. The van der Waals surface area contributed by atoms with E-state index in [0.29, 0.717) is 0 Å². The number of hydrogen-bond acceptors (Lipinski definition) is 8. The molecule has 1 atom stereocenters. The summed E-state index contributed by atoms with van der Waals surface area (Å²) in [5.41, 5.74) is -0.272. The van der Waals surface area contributed by atoms with E-state index in [-0.39, 0.29) is 34.3 Å². The van der Waals surface area contributed by atoms with Gasteiger partial charge in [0.05, 0.1) is 22.7 Å². The van der Waals surface area contributed by atoms with Gasteiger partial charge < -0.3 is 9.84 Å². The average molecular weight is 478 g/mol. The predicted molar refractivity (Wildman–Crippen MR) is 121 cm³/mol. The van der Waals surface area contributed by atoms with Crippen molar-refractivity contribution in [3.05, 3.63) is 65.1 Å². The summed E-state index contributed by atoms with van der Waals surface area (Å²) in [6.45, 7) is 6.68. The van der Waals surface area contributed by atoms with Gasteiger partial charge >= 0.3 is 12.1 Å². The first kappa shape index (κ1) is 23.5. The average Bonchev–Trinajstić information content (AvgIpc) is 3.31. The second kappa shape index (κ2) is 8.63. The predicted octanol–water partition coefficient (Wildman–Crippen LogP) is 3.06. The minimum Gasteiger partial charge on any atom is -0.478 e. The first-order valence-electron chi connectivity index (χ1n) is 10.6. The van der Waals surface area contributed by atoms with Crippen LogP contribution in [0.15, 0.2) is 42.6 Å². The van der Waals surface area contributed by atoms with Crippen molar-refractivity contribution in [2.24, 2.45) is 0 Å². The van der Waals surface area contributed by atoms with Crippen LogP contribution in [0.5, 0.6) is 0 Å². The summed E-state index contributed by atoms with van der Waals surface area (Å²) < 4.78 is 6.47. The molecular formula is C23H22N6O6. The van der Waals surface area contributed by atoms with Gasteiger partial charge in [0, 0.05) is 6.20 Å². The number of rotatable bonds is 5. The van der Waals surface area contributed by atoms with Gasteiger partial charge in [0.2, 0.25) is 0 Å². The Kier molecular flexibility index (Phi) is 5.81. The number of aromatic carboxylic acids is 1. The normalized spacial score (nSPS) is 14.0. The first-order chi connectivity index (χ1) is 16.5. The molecule has 3 amide bonds. The highest BCUT2D eigenvalue weighted by Gasteiger charge is 2.40. The van der Waals surface area contributed by atoms with Crippen molar-refractivity contribution >= 4 is 29.8 Å². The summed E-state index contributed by atoms with van der Waals surface area (Å²) in [6.07, 6.45) is 0.334. The molecule has 0 fully saturated rings. The highest BCUT2D eigenvalue weighted by Crippen LogP contribution is 2.31. The van der Waals surface area contributed by atoms with Crippen LogP contribution in [0.25, 0.3) is 5.82 Å². The fraction of sp³-hybridized carbons (Fsp3) is 0.261. The van der Waals surface area contributed by atoms with Gasteiger partial charge in [-0.3, -0.25) is 19.8 Å². The first-order valence-corrected chi connectivity index (χ1v) is 10.6. The van der Waals surface area contributed by atoms with Crippen LogP contribution in [0.3, 0.4) is 0 Å². The van der Waals surface area contributed by atoms with Crippen LogP contribution in [0.1, 0.15) is 70.6 Å². The second-order valence-corrected chi connectivity index (χ2v) is 8.74. The Labute approximate surface area is 199 Å². The number of fused-ring (bicyclic) bond motifs is 1. The molecule has 0 radical (unpaired) electrons. The topological polar surface area (TPSA) is 157 Å². The van der Waals surface area contributed by atoms with Gasteiger partial charge in [-0.15, -0.1) is 5.10 Å². The zero-order chi connectivity index (χ0) is 25.5. The molecule has 4 rings (SSSR count). The third kappa shape index (κ3) is 4.58. The molecule has 2 N–H and O–H groups in total. The third-order valence-electron chi connectivity index (χ3n) is 5.04. The maximum Gasteiger partial charge on any atom is 0.414 e. The minimum atomic E-state index is -1.16. The van der Waals surface area contributed by atoms with E-state index in [1.165, 1.54) is 16.8 Å². The van der Waals surface area contributed by atoms with Crippen molar-refractivity contribution in [1.82, 2.24) is 24.6 Å². The number of benzene rings is 1. The van der Waals surface area contributed by atoms with Gasteiger partial charge in [0.1, 0.15) is 5.60 Å². The molecule has 1 aliphatic heterocycles. The molecule has 3 heterocycles. The van der Waals surface area contributed by atoms with Crippen LogP contribution in [0.4, 0.5) is 10.7 Å². The van der Waals surface area contributed by atoms with E-state index in [9.17, 15) is 19.2 Å². The zero-order valence-corrected chi connectivity index (χ0v) is 19.3. The van der Waals surface area contributed by atoms with E-state index in [2.05, 4.69) is 20.4 Å². The number of imide groups is 1. The number of hydrogen-bond donors (Lipinski definition) is 2.